The Morgan fingerprint density at radius 2 is 2.07 bits per heavy atom. The van der Waals surface area contributed by atoms with Crippen LogP contribution in [0.3, 0.4) is 0 Å². The van der Waals surface area contributed by atoms with Crippen molar-refractivity contribution in [3.8, 4) is 11.3 Å². The van der Waals surface area contributed by atoms with Crippen LogP contribution >= 0.6 is 15.9 Å². The predicted molar refractivity (Wildman–Crippen MR) is 115 cm³/mol. The number of nitrogens with one attached hydrogen (secondary N) is 1. The molecule has 0 aliphatic heterocycles. The first-order valence-corrected chi connectivity index (χ1v) is 9.86. The smallest absolute Gasteiger partial charge is 0.220 e. The van der Waals surface area contributed by atoms with Crippen LogP contribution in [0.4, 0.5) is 10.3 Å². The van der Waals surface area contributed by atoms with Gasteiger partial charge in [-0.15, -0.1) is 0 Å². The van der Waals surface area contributed by atoms with Gasteiger partial charge in [-0.2, -0.15) is 0 Å². The van der Waals surface area contributed by atoms with E-state index in [1.54, 1.807) is 30.7 Å². The molecule has 3 N–H and O–H groups in total. The van der Waals surface area contributed by atoms with Crippen molar-refractivity contribution in [1.29, 1.82) is 0 Å². The van der Waals surface area contributed by atoms with Crippen molar-refractivity contribution >= 4 is 32.9 Å². The highest BCUT2D eigenvalue weighted by molar-refractivity contribution is 9.10. The number of nitrogens with zero attached hydrogens (tertiary/aromatic N) is 3. The SMILES string of the molecule is COCOC(C)(c1cccc(F)c1)c1cnc(N)nc1-c1c[nH]c2ncc(Br)cc12. The van der Waals surface area contributed by atoms with Crippen molar-refractivity contribution in [2.24, 2.45) is 0 Å². The maximum Gasteiger partial charge on any atom is 0.220 e. The minimum atomic E-state index is -1.11. The fourth-order valence-corrected chi connectivity index (χ4v) is 3.73. The molecule has 154 valence electrons. The molecule has 1 unspecified atom stereocenters. The van der Waals surface area contributed by atoms with Crippen LogP contribution < -0.4 is 5.73 Å². The lowest BCUT2D eigenvalue weighted by molar-refractivity contribution is -0.107. The van der Waals surface area contributed by atoms with Crippen LogP contribution in [-0.2, 0) is 15.1 Å². The first-order chi connectivity index (χ1) is 14.4. The number of nitrogen functional groups attached to an aromatic ring is 1. The molecule has 0 spiro atoms. The number of rotatable bonds is 6. The molecular formula is C21H19BrFN5O2. The highest BCUT2D eigenvalue weighted by Gasteiger charge is 2.35. The van der Waals surface area contributed by atoms with Crippen LogP contribution in [0.5, 0.6) is 0 Å². The summed E-state index contributed by atoms with van der Waals surface area (Å²) in [6, 6.07) is 8.15. The molecule has 4 aromatic rings. The third-order valence-electron chi connectivity index (χ3n) is 4.92. The van der Waals surface area contributed by atoms with E-state index in [0.29, 0.717) is 22.5 Å². The number of H-pyrrole nitrogens is 1. The number of anilines is 1. The van der Waals surface area contributed by atoms with Crippen molar-refractivity contribution in [3.63, 3.8) is 0 Å². The lowest BCUT2D eigenvalue weighted by atomic mass is 9.86. The van der Waals surface area contributed by atoms with Gasteiger partial charge >= 0.3 is 0 Å². The Morgan fingerprint density at radius 1 is 1.23 bits per heavy atom. The fraction of sp³-hybridized carbons (Fsp3) is 0.190. The van der Waals surface area contributed by atoms with E-state index in [1.807, 2.05) is 13.0 Å². The van der Waals surface area contributed by atoms with Gasteiger partial charge in [-0.25, -0.2) is 19.3 Å². The molecule has 7 nitrogen and oxygen atoms in total. The van der Waals surface area contributed by atoms with Crippen LogP contribution in [0.1, 0.15) is 18.1 Å². The molecule has 0 bridgehead atoms. The van der Waals surface area contributed by atoms with Gasteiger partial charge in [0.1, 0.15) is 23.9 Å². The van der Waals surface area contributed by atoms with Gasteiger partial charge in [-0.3, -0.25) is 0 Å². The molecule has 1 atom stereocenters. The molecule has 0 saturated carbocycles. The van der Waals surface area contributed by atoms with Crippen molar-refractivity contribution in [2.45, 2.75) is 12.5 Å². The zero-order valence-corrected chi connectivity index (χ0v) is 17.9. The molecule has 4 rings (SSSR count). The number of nitrogens with two attached hydrogens (primary N) is 1. The summed E-state index contributed by atoms with van der Waals surface area (Å²) >= 11 is 3.46. The summed E-state index contributed by atoms with van der Waals surface area (Å²) in [6.45, 7) is 1.81. The maximum atomic E-state index is 14.1. The van der Waals surface area contributed by atoms with Gasteiger partial charge in [0.25, 0.3) is 0 Å². The van der Waals surface area contributed by atoms with Gasteiger partial charge in [-0.05, 0) is 46.6 Å². The Balaban J connectivity index is 1.98. The number of aromatic nitrogens is 4. The van der Waals surface area contributed by atoms with Crippen LogP contribution in [0.25, 0.3) is 22.3 Å². The maximum absolute atomic E-state index is 14.1. The minimum Gasteiger partial charge on any atom is -0.368 e. The number of halogens is 2. The topological polar surface area (TPSA) is 98.9 Å². The second-order valence-corrected chi connectivity index (χ2v) is 7.75. The van der Waals surface area contributed by atoms with Crippen molar-refractivity contribution in [2.75, 3.05) is 19.6 Å². The molecule has 30 heavy (non-hydrogen) atoms. The standard InChI is InChI=1S/C21H19BrFN5O2/c1-21(30-11-29-2,12-4-3-5-14(23)6-12)17-10-27-20(24)28-18(17)16-9-26-19-15(16)7-13(22)8-25-19/h3-10H,11H2,1-2H3,(H,25,26)(H2,24,27,28). The largest absolute Gasteiger partial charge is 0.368 e. The lowest BCUT2D eigenvalue weighted by Crippen LogP contribution is -2.30. The quantitative estimate of drug-likeness (QED) is 0.404. The number of ether oxygens (including phenoxy) is 2. The Morgan fingerprint density at radius 3 is 2.83 bits per heavy atom. The zero-order chi connectivity index (χ0) is 21.3. The second-order valence-electron chi connectivity index (χ2n) is 6.84. The molecule has 1 aromatic carbocycles. The van der Waals surface area contributed by atoms with Crippen molar-refractivity contribution < 1.29 is 13.9 Å². The average molecular weight is 472 g/mol. The van der Waals surface area contributed by atoms with Crippen LogP contribution in [0.2, 0.25) is 0 Å². The molecule has 3 aromatic heterocycles. The molecule has 9 heteroatoms. The molecule has 0 amide bonds. The molecular weight excluding hydrogens is 453 g/mol. The predicted octanol–water partition coefficient (Wildman–Crippen LogP) is 4.39. The highest BCUT2D eigenvalue weighted by Crippen LogP contribution is 2.40. The first kappa shape index (κ1) is 20.4. The zero-order valence-electron chi connectivity index (χ0n) is 16.3. The van der Waals surface area contributed by atoms with E-state index in [1.165, 1.54) is 19.2 Å². The number of hydrogen-bond acceptors (Lipinski definition) is 6. The Hall–Kier alpha value is -2.88. The van der Waals surface area contributed by atoms with E-state index in [9.17, 15) is 4.39 Å². The van der Waals surface area contributed by atoms with Gasteiger partial charge in [-0.1, -0.05) is 12.1 Å². The number of fused-ring (bicyclic) bond motifs is 1. The summed E-state index contributed by atoms with van der Waals surface area (Å²) in [5.41, 5.74) is 8.04. The second kappa shape index (κ2) is 8.10. The van der Waals surface area contributed by atoms with Crippen LogP contribution in [0, 0.1) is 5.82 Å². The number of methoxy groups -OCH3 is 1. The average Bonchev–Trinajstić information content (AvgIpc) is 3.15. The number of benzene rings is 1. The molecule has 0 radical (unpaired) electrons. The van der Waals surface area contributed by atoms with Crippen molar-refractivity contribution in [3.05, 3.63) is 70.3 Å². The van der Waals surface area contributed by atoms with Gasteiger partial charge in [0, 0.05) is 46.7 Å². The fourth-order valence-electron chi connectivity index (χ4n) is 3.40. The molecule has 0 aliphatic rings. The summed E-state index contributed by atoms with van der Waals surface area (Å²) < 4.78 is 26.1. The van der Waals surface area contributed by atoms with E-state index in [-0.39, 0.29) is 18.6 Å². The monoisotopic (exact) mass is 471 g/mol. The Kier molecular flexibility index (Phi) is 5.50. The van der Waals surface area contributed by atoms with Gasteiger partial charge in [0.2, 0.25) is 5.95 Å². The summed E-state index contributed by atoms with van der Waals surface area (Å²) in [5.74, 6) is -0.266. The lowest BCUT2D eigenvalue weighted by Gasteiger charge is -2.31. The number of aromatic amines is 1. The molecule has 0 saturated heterocycles. The van der Waals surface area contributed by atoms with E-state index < -0.39 is 5.60 Å². The molecule has 0 aliphatic carbocycles. The first-order valence-electron chi connectivity index (χ1n) is 9.07. The van der Waals surface area contributed by atoms with E-state index in [2.05, 4.69) is 35.9 Å². The van der Waals surface area contributed by atoms with Crippen LogP contribution in [-0.4, -0.2) is 33.8 Å². The third kappa shape index (κ3) is 3.67. The van der Waals surface area contributed by atoms with Gasteiger partial charge in [0.05, 0.1) is 5.69 Å². The summed E-state index contributed by atoms with van der Waals surface area (Å²) in [4.78, 5) is 16.2. The van der Waals surface area contributed by atoms with E-state index in [4.69, 9.17) is 15.2 Å². The van der Waals surface area contributed by atoms with Gasteiger partial charge < -0.3 is 20.2 Å². The van der Waals surface area contributed by atoms with E-state index >= 15 is 0 Å². The number of pyridine rings is 1. The van der Waals surface area contributed by atoms with Crippen LogP contribution in [0.15, 0.2) is 53.4 Å². The normalized spacial score (nSPS) is 13.5. The highest BCUT2D eigenvalue weighted by atomic mass is 79.9. The Labute approximate surface area is 180 Å². The Bertz CT molecular complexity index is 1220. The summed E-state index contributed by atoms with van der Waals surface area (Å²) in [5, 5.41) is 0.844. The summed E-state index contributed by atoms with van der Waals surface area (Å²) in [6.07, 6.45) is 5.11. The molecule has 0 fully saturated rings. The third-order valence-corrected chi connectivity index (χ3v) is 5.35. The van der Waals surface area contributed by atoms with Crippen molar-refractivity contribution in [1.82, 2.24) is 19.9 Å². The number of hydrogen-bond donors (Lipinski definition) is 2. The van der Waals surface area contributed by atoms with E-state index in [0.717, 1.165) is 15.4 Å². The van der Waals surface area contributed by atoms with Gasteiger partial charge in [0.15, 0.2) is 0 Å². The molecule has 3 heterocycles. The summed E-state index contributed by atoms with van der Waals surface area (Å²) in [7, 11) is 1.52. The minimum absolute atomic E-state index is 0.0161.